The lowest BCUT2D eigenvalue weighted by Crippen LogP contribution is -2.25. The summed E-state index contributed by atoms with van der Waals surface area (Å²) in [5, 5.41) is 9.81. The third kappa shape index (κ3) is 3.76. The fraction of sp³-hybridized carbons (Fsp3) is 0.545. The van der Waals surface area contributed by atoms with E-state index in [1.165, 1.54) is 6.20 Å². The molecular weight excluding hydrogens is 289 g/mol. The number of hydrogen-bond donors (Lipinski definition) is 4. The van der Waals surface area contributed by atoms with Crippen molar-refractivity contribution in [2.45, 2.75) is 31.7 Å². The Bertz CT molecular complexity index is 580. The highest BCUT2D eigenvalue weighted by atomic mass is 31.2. The van der Waals surface area contributed by atoms with Gasteiger partial charge in [0.1, 0.15) is 6.10 Å². The van der Waals surface area contributed by atoms with Gasteiger partial charge in [-0.2, -0.15) is 0 Å². The molecule has 4 N–H and O–H groups in total. The molecule has 0 amide bonds. The topological polar surface area (TPSA) is 129 Å². The lowest BCUT2D eigenvalue weighted by atomic mass is 10.1. The van der Waals surface area contributed by atoms with Gasteiger partial charge in [0.25, 0.3) is 5.56 Å². The molecule has 3 atom stereocenters. The molecule has 112 valence electrons. The van der Waals surface area contributed by atoms with Crippen LogP contribution in [0.5, 0.6) is 0 Å². The smallest absolute Gasteiger partial charge is 0.390 e. The zero-order valence-electron chi connectivity index (χ0n) is 10.7. The summed E-state index contributed by atoms with van der Waals surface area (Å²) in [5.41, 5.74) is 1.02. The van der Waals surface area contributed by atoms with Gasteiger partial charge < -0.3 is 24.6 Å². The summed E-state index contributed by atoms with van der Waals surface area (Å²) in [5.74, 6) is 0. The Balaban J connectivity index is 2.04. The van der Waals surface area contributed by atoms with E-state index in [1.54, 1.807) is 13.0 Å². The molecule has 1 unspecified atom stereocenters. The number of rotatable bonds is 4. The zero-order valence-corrected chi connectivity index (χ0v) is 11.6. The molecule has 1 aliphatic rings. The van der Waals surface area contributed by atoms with Crippen molar-refractivity contribution >= 4 is 7.82 Å². The van der Waals surface area contributed by atoms with E-state index in [-0.39, 0.29) is 12.0 Å². The maximum absolute atomic E-state index is 11.3. The molecule has 0 aromatic carbocycles. The SMILES string of the molecule is Cc1cc(C2C[C@H](O)[C@@H](COP(=O)(O)O)O2)c[nH]c1=O. The van der Waals surface area contributed by atoms with Crippen molar-refractivity contribution in [3.8, 4) is 0 Å². The van der Waals surface area contributed by atoms with Gasteiger partial charge >= 0.3 is 7.82 Å². The molecule has 1 fully saturated rings. The molecule has 1 aromatic heterocycles. The fourth-order valence-electron chi connectivity index (χ4n) is 2.07. The molecule has 8 nitrogen and oxygen atoms in total. The van der Waals surface area contributed by atoms with Crippen molar-refractivity contribution in [1.82, 2.24) is 4.98 Å². The Morgan fingerprint density at radius 2 is 2.25 bits per heavy atom. The number of pyridine rings is 1. The van der Waals surface area contributed by atoms with Crippen molar-refractivity contribution in [3.63, 3.8) is 0 Å². The van der Waals surface area contributed by atoms with E-state index in [2.05, 4.69) is 9.51 Å². The molecule has 1 aliphatic heterocycles. The molecule has 1 saturated heterocycles. The predicted molar refractivity (Wildman–Crippen MR) is 68.0 cm³/mol. The van der Waals surface area contributed by atoms with Crippen LogP contribution in [0.3, 0.4) is 0 Å². The number of aliphatic hydroxyl groups excluding tert-OH is 1. The second-order valence-corrected chi connectivity index (χ2v) is 5.94. The lowest BCUT2D eigenvalue weighted by Gasteiger charge is -2.15. The average Bonchev–Trinajstić information content (AvgIpc) is 2.71. The van der Waals surface area contributed by atoms with Gasteiger partial charge in [0.2, 0.25) is 0 Å². The third-order valence-electron chi connectivity index (χ3n) is 3.11. The van der Waals surface area contributed by atoms with Gasteiger partial charge in [-0.25, -0.2) is 4.57 Å². The molecular formula is C11H16NO7P. The number of aromatic amines is 1. The number of H-pyrrole nitrogens is 1. The number of phosphoric acid groups is 1. The van der Waals surface area contributed by atoms with Crippen LogP contribution >= 0.6 is 7.82 Å². The Labute approximate surface area is 114 Å². The number of phosphoric ester groups is 1. The summed E-state index contributed by atoms with van der Waals surface area (Å²) in [6.07, 6.45) is -0.399. The third-order valence-corrected chi connectivity index (χ3v) is 3.60. The van der Waals surface area contributed by atoms with Crippen LogP contribution in [0.4, 0.5) is 0 Å². The first-order chi connectivity index (χ1) is 9.26. The Kier molecular flexibility index (Phi) is 4.43. The van der Waals surface area contributed by atoms with Gasteiger partial charge in [-0.3, -0.25) is 9.32 Å². The molecule has 0 bridgehead atoms. The summed E-state index contributed by atoms with van der Waals surface area (Å²) >= 11 is 0. The number of ether oxygens (including phenoxy) is 1. The minimum absolute atomic E-state index is 0.200. The number of aromatic nitrogens is 1. The molecule has 1 aromatic rings. The zero-order chi connectivity index (χ0) is 14.9. The van der Waals surface area contributed by atoms with Gasteiger partial charge in [0.05, 0.1) is 18.8 Å². The van der Waals surface area contributed by atoms with Crippen LogP contribution in [0.15, 0.2) is 17.1 Å². The van der Waals surface area contributed by atoms with Gasteiger partial charge in [-0.15, -0.1) is 0 Å². The van der Waals surface area contributed by atoms with Crippen LogP contribution in [0.25, 0.3) is 0 Å². The van der Waals surface area contributed by atoms with E-state index in [9.17, 15) is 14.5 Å². The molecule has 0 saturated carbocycles. The van der Waals surface area contributed by atoms with Crippen molar-refractivity contribution in [3.05, 3.63) is 33.7 Å². The Morgan fingerprint density at radius 1 is 1.55 bits per heavy atom. The van der Waals surface area contributed by atoms with E-state index in [4.69, 9.17) is 14.5 Å². The fourth-order valence-corrected chi connectivity index (χ4v) is 2.41. The van der Waals surface area contributed by atoms with Crippen LogP contribution in [-0.4, -0.2) is 38.7 Å². The largest absolute Gasteiger partial charge is 0.469 e. The maximum Gasteiger partial charge on any atom is 0.469 e. The summed E-state index contributed by atoms with van der Waals surface area (Å²) < 4.78 is 20.5. The first-order valence-corrected chi connectivity index (χ1v) is 7.52. The maximum atomic E-state index is 11.3. The highest BCUT2D eigenvalue weighted by Gasteiger charge is 2.36. The minimum atomic E-state index is -4.59. The van der Waals surface area contributed by atoms with Gasteiger partial charge in [-0.05, 0) is 18.6 Å². The molecule has 20 heavy (non-hydrogen) atoms. The monoisotopic (exact) mass is 305 g/mol. The molecule has 9 heteroatoms. The summed E-state index contributed by atoms with van der Waals surface area (Å²) in [4.78, 5) is 31.1. The van der Waals surface area contributed by atoms with Gasteiger partial charge in [0, 0.05) is 18.2 Å². The van der Waals surface area contributed by atoms with Crippen LogP contribution in [0.1, 0.15) is 23.7 Å². The minimum Gasteiger partial charge on any atom is -0.390 e. The highest BCUT2D eigenvalue weighted by Crippen LogP contribution is 2.39. The van der Waals surface area contributed by atoms with E-state index < -0.39 is 32.7 Å². The quantitative estimate of drug-likeness (QED) is 0.575. The van der Waals surface area contributed by atoms with Crippen LogP contribution in [0, 0.1) is 6.92 Å². The van der Waals surface area contributed by atoms with Crippen molar-refractivity contribution in [2.24, 2.45) is 0 Å². The predicted octanol–water partition coefficient (Wildman–Crippen LogP) is -0.0165. The number of hydrogen-bond acceptors (Lipinski definition) is 5. The molecule has 0 radical (unpaired) electrons. The Hall–Kier alpha value is -1.02. The summed E-state index contributed by atoms with van der Waals surface area (Å²) in [7, 11) is -4.59. The van der Waals surface area contributed by atoms with E-state index in [0.29, 0.717) is 11.1 Å². The van der Waals surface area contributed by atoms with Crippen molar-refractivity contribution < 1.29 is 28.7 Å². The van der Waals surface area contributed by atoms with Gasteiger partial charge in [-0.1, -0.05) is 0 Å². The van der Waals surface area contributed by atoms with E-state index in [1.807, 2.05) is 0 Å². The molecule has 0 aliphatic carbocycles. The lowest BCUT2D eigenvalue weighted by molar-refractivity contribution is -0.0222. The average molecular weight is 305 g/mol. The number of aliphatic hydroxyl groups is 1. The highest BCUT2D eigenvalue weighted by molar-refractivity contribution is 7.46. The Morgan fingerprint density at radius 3 is 2.85 bits per heavy atom. The summed E-state index contributed by atoms with van der Waals surface area (Å²) in [6.45, 7) is 1.26. The van der Waals surface area contributed by atoms with E-state index in [0.717, 1.165) is 0 Å². The van der Waals surface area contributed by atoms with Crippen LogP contribution in [-0.2, 0) is 13.8 Å². The van der Waals surface area contributed by atoms with Crippen molar-refractivity contribution in [2.75, 3.05) is 6.61 Å². The normalized spacial score (nSPS) is 26.9. The summed E-state index contributed by atoms with van der Waals surface area (Å²) in [6, 6.07) is 1.66. The number of aryl methyl sites for hydroxylation is 1. The van der Waals surface area contributed by atoms with Crippen molar-refractivity contribution in [1.29, 1.82) is 0 Å². The molecule has 2 heterocycles. The second kappa shape index (κ2) is 5.77. The van der Waals surface area contributed by atoms with Crippen LogP contribution in [0.2, 0.25) is 0 Å². The number of nitrogens with one attached hydrogen (secondary N) is 1. The molecule has 2 rings (SSSR count). The van der Waals surface area contributed by atoms with Gasteiger partial charge in [0.15, 0.2) is 0 Å². The first-order valence-electron chi connectivity index (χ1n) is 5.99. The first kappa shape index (κ1) is 15.4. The molecule has 0 spiro atoms. The van der Waals surface area contributed by atoms with E-state index >= 15 is 0 Å². The standard InChI is InChI=1S/C11H16NO7P/c1-6-2-7(4-12-11(6)14)9-3-8(13)10(19-9)5-18-20(15,16)17/h2,4,8-10,13H,3,5H2,1H3,(H,12,14)(H2,15,16,17)/t8-,9?,10+/m0/s1. The van der Waals surface area contributed by atoms with Crippen LogP contribution < -0.4 is 5.56 Å². The second-order valence-electron chi connectivity index (χ2n) is 4.70.